The molecule has 0 heterocycles. The summed E-state index contributed by atoms with van der Waals surface area (Å²) >= 11 is 0. The third-order valence-corrected chi connectivity index (χ3v) is 2.97. The third-order valence-electron chi connectivity index (χ3n) is 2.97. The van der Waals surface area contributed by atoms with E-state index in [1.165, 1.54) is 24.3 Å². The maximum atomic E-state index is 13.9. The van der Waals surface area contributed by atoms with Gasteiger partial charge in [0.1, 0.15) is 5.75 Å². The molecular weight excluding hydrogens is 275 g/mol. The van der Waals surface area contributed by atoms with Crippen molar-refractivity contribution in [3.05, 3.63) is 63.5 Å². The fourth-order valence-electron chi connectivity index (χ4n) is 1.92. The van der Waals surface area contributed by atoms with Gasteiger partial charge in [-0.15, -0.1) is 0 Å². The van der Waals surface area contributed by atoms with Crippen molar-refractivity contribution in [1.82, 2.24) is 5.32 Å². The van der Waals surface area contributed by atoms with E-state index in [1.807, 2.05) is 0 Å². The number of halogens is 1. The second-order valence-corrected chi connectivity index (χ2v) is 4.60. The Morgan fingerprint density at radius 2 is 1.95 bits per heavy atom. The monoisotopic (exact) mass is 290 g/mol. The maximum absolute atomic E-state index is 13.9. The minimum atomic E-state index is -0.482. The number of rotatable bonds is 5. The van der Waals surface area contributed by atoms with Crippen LogP contribution in [-0.4, -0.2) is 12.0 Å². The quantitative estimate of drug-likeness (QED) is 0.675. The fourth-order valence-corrected chi connectivity index (χ4v) is 1.92. The standard InChI is InChI=1S/C15H15FN2O3/c1-10-7-12(18(19)20)4-6-14(10)21-15-5-3-11(9-17-2)8-13(15)16/h3-8,17H,9H2,1-2H3. The number of hydrogen-bond acceptors (Lipinski definition) is 4. The van der Waals surface area contributed by atoms with Gasteiger partial charge in [-0.2, -0.15) is 0 Å². The van der Waals surface area contributed by atoms with E-state index in [1.54, 1.807) is 26.1 Å². The van der Waals surface area contributed by atoms with Crippen LogP contribution in [0.1, 0.15) is 11.1 Å². The lowest BCUT2D eigenvalue weighted by molar-refractivity contribution is -0.384. The lowest BCUT2D eigenvalue weighted by atomic mass is 10.2. The largest absolute Gasteiger partial charge is 0.454 e. The summed E-state index contributed by atoms with van der Waals surface area (Å²) < 4.78 is 19.4. The molecule has 110 valence electrons. The molecule has 2 aromatic carbocycles. The van der Waals surface area contributed by atoms with Gasteiger partial charge >= 0.3 is 0 Å². The van der Waals surface area contributed by atoms with E-state index < -0.39 is 10.7 Å². The molecule has 0 aliphatic carbocycles. The van der Waals surface area contributed by atoms with Crippen molar-refractivity contribution in [2.24, 2.45) is 0 Å². The molecule has 5 nitrogen and oxygen atoms in total. The number of hydrogen-bond donors (Lipinski definition) is 1. The Bertz CT molecular complexity index is 674. The van der Waals surface area contributed by atoms with E-state index in [9.17, 15) is 14.5 Å². The first kappa shape index (κ1) is 14.9. The SMILES string of the molecule is CNCc1ccc(Oc2ccc([N+](=O)[O-])cc2C)c(F)c1. The molecule has 0 saturated heterocycles. The summed E-state index contributed by atoms with van der Waals surface area (Å²) in [5.41, 5.74) is 1.36. The van der Waals surface area contributed by atoms with Crippen molar-refractivity contribution < 1.29 is 14.1 Å². The number of ether oxygens (including phenoxy) is 1. The average Bonchev–Trinajstić information content (AvgIpc) is 2.43. The molecular formula is C15H15FN2O3. The van der Waals surface area contributed by atoms with Gasteiger partial charge in [0.15, 0.2) is 11.6 Å². The predicted octanol–water partition coefficient (Wildman–Crippen LogP) is 3.55. The fraction of sp³-hybridized carbons (Fsp3) is 0.200. The molecule has 0 aromatic heterocycles. The van der Waals surface area contributed by atoms with Gasteiger partial charge in [-0.05, 0) is 43.3 Å². The highest BCUT2D eigenvalue weighted by atomic mass is 19.1. The molecule has 0 fully saturated rings. The topological polar surface area (TPSA) is 64.4 Å². The van der Waals surface area contributed by atoms with Crippen molar-refractivity contribution in [2.45, 2.75) is 13.5 Å². The minimum absolute atomic E-state index is 0.0234. The molecule has 0 aliphatic rings. The predicted molar refractivity (Wildman–Crippen MR) is 77.1 cm³/mol. The number of nitro groups is 1. The molecule has 6 heteroatoms. The summed E-state index contributed by atoms with van der Waals surface area (Å²) in [5.74, 6) is 0.00757. The van der Waals surface area contributed by atoms with E-state index in [-0.39, 0.29) is 11.4 Å². The van der Waals surface area contributed by atoms with E-state index in [2.05, 4.69) is 5.32 Å². The van der Waals surface area contributed by atoms with Crippen molar-refractivity contribution in [2.75, 3.05) is 7.05 Å². The van der Waals surface area contributed by atoms with E-state index >= 15 is 0 Å². The third kappa shape index (κ3) is 3.55. The second-order valence-electron chi connectivity index (χ2n) is 4.60. The molecule has 0 saturated carbocycles. The van der Waals surface area contributed by atoms with Crippen LogP contribution in [0, 0.1) is 22.9 Å². The molecule has 1 N–H and O–H groups in total. The Labute approximate surface area is 121 Å². The molecule has 2 rings (SSSR count). The summed E-state index contributed by atoms with van der Waals surface area (Å²) in [6.45, 7) is 2.24. The van der Waals surface area contributed by atoms with Gasteiger partial charge in [-0.25, -0.2) is 4.39 Å². The van der Waals surface area contributed by atoms with Crippen LogP contribution in [0.5, 0.6) is 11.5 Å². The number of nitro benzene ring substituents is 1. The Morgan fingerprint density at radius 1 is 1.24 bits per heavy atom. The van der Waals surface area contributed by atoms with Crippen molar-refractivity contribution in [1.29, 1.82) is 0 Å². The van der Waals surface area contributed by atoms with Gasteiger partial charge in [0.05, 0.1) is 4.92 Å². The van der Waals surface area contributed by atoms with Crippen molar-refractivity contribution in [3.63, 3.8) is 0 Å². The zero-order valence-corrected chi connectivity index (χ0v) is 11.7. The van der Waals surface area contributed by atoms with Crippen LogP contribution < -0.4 is 10.1 Å². The summed E-state index contributed by atoms with van der Waals surface area (Å²) in [5, 5.41) is 13.6. The maximum Gasteiger partial charge on any atom is 0.269 e. The van der Waals surface area contributed by atoms with Gasteiger partial charge in [0, 0.05) is 18.7 Å². The smallest absolute Gasteiger partial charge is 0.269 e. The van der Waals surface area contributed by atoms with Crippen LogP contribution in [0.15, 0.2) is 36.4 Å². The first-order chi connectivity index (χ1) is 10.0. The Balaban J connectivity index is 2.24. The van der Waals surface area contributed by atoms with Crippen LogP contribution in [0.2, 0.25) is 0 Å². The lowest BCUT2D eigenvalue weighted by Gasteiger charge is -2.10. The van der Waals surface area contributed by atoms with Crippen LogP contribution >= 0.6 is 0 Å². The Morgan fingerprint density at radius 3 is 2.52 bits per heavy atom. The van der Waals surface area contributed by atoms with Gasteiger partial charge in [-0.3, -0.25) is 10.1 Å². The highest BCUT2D eigenvalue weighted by Crippen LogP contribution is 2.30. The van der Waals surface area contributed by atoms with Crippen LogP contribution in [0.4, 0.5) is 10.1 Å². The molecule has 0 amide bonds. The molecule has 0 radical (unpaired) electrons. The summed E-state index contributed by atoms with van der Waals surface area (Å²) in [6, 6.07) is 8.89. The van der Waals surface area contributed by atoms with E-state index in [0.717, 1.165) is 5.56 Å². The van der Waals surface area contributed by atoms with Crippen molar-refractivity contribution in [3.8, 4) is 11.5 Å². The first-order valence-electron chi connectivity index (χ1n) is 6.37. The van der Waals surface area contributed by atoms with E-state index in [0.29, 0.717) is 17.9 Å². The highest BCUT2D eigenvalue weighted by molar-refractivity contribution is 5.45. The molecule has 0 spiro atoms. The van der Waals surface area contributed by atoms with Crippen molar-refractivity contribution >= 4 is 5.69 Å². The van der Waals surface area contributed by atoms with E-state index in [4.69, 9.17) is 4.74 Å². The number of nitrogens with one attached hydrogen (secondary N) is 1. The molecule has 0 aliphatic heterocycles. The molecule has 0 atom stereocenters. The summed E-state index contributed by atoms with van der Waals surface area (Å²) in [4.78, 5) is 10.2. The lowest BCUT2D eigenvalue weighted by Crippen LogP contribution is -2.05. The first-order valence-corrected chi connectivity index (χ1v) is 6.37. The highest BCUT2D eigenvalue weighted by Gasteiger charge is 2.11. The summed E-state index contributed by atoms with van der Waals surface area (Å²) in [6.07, 6.45) is 0. The number of non-ortho nitro benzene ring substituents is 1. The second kappa shape index (κ2) is 6.32. The zero-order valence-electron chi connectivity index (χ0n) is 11.7. The van der Waals surface area contributed by atoms with Crippen LogP contribution in [-0.2, 0) is 6.54 Å². The van der Waals surface area contributed by atoms with Crippen LogP contribution in [0.3, 0.4) is 0 Å². The normalized spacial score (nSPS) is 10.4. The number of benzene rings is 2. The Hall–Kier alpha value is -2.47. The van der Waals surface area contributed by atoms with Crippen LogP contribution in [0.25, 0.3) is 0 Å². The zero-order chi connectivity index (χ0) is 15.4. The van der Waals surface area contributed by atoms with Gasteiger partial charge in [0.25, 0.3) is 5.69 Å². The summed E-state index contributed by atoms with van der Waals surface area (Å²) in [7, 11) is 1.78. The molecule has 0 bridgehead atoms. The number of nitrogens with zero attached hydrogens (tertiary/aromatic N) is 1. The average molecular weight is 290 g/mol. The van der Waals surface area contributed by atoms with Gasteiger partial charge in [-0.1, -0.05) is 6.07 Å². The van der Waals surface area contributed by atoms with Gasteiger partial charge < -0.3 is 10.1 Å². The number of aryl methyl sites for hydroxylation is 1. The Kier molecular flexibility index (Phi) is 4.49. The molecule has 2 aromatic rings. The molecule has 0 unspecified atom stereocenters. The molecule has 21 heavy (non-hydrogen) atoms. The van der Waals surface area contributed by atoms with Gasteiger partial charge in [0.2, 0.25) is 0 Å². The minimum Gasteiger partial charge on any atom is -0.454 e.